The normalized spacial score (nSPS) is 11.4. The van der Waals surface area contributed by atoms with Crippen molar-refractivity contribution >= 4 is 46.4 Å². The second-order valence-corrected chi connectivity index (χ2v) is 9.35. The summed E-state index contributed by atoms with van der Waals surface area (Å²) in [6.07, 6.45) is 0.523. The van der Waals surface area contributed by atoms with Gasteiger partial charge >= 0.3 is 5.97 Å². The molecule has 1 aromatic carbocycles. The van der Waals surface area contributed by atoms with Crippen molar-refractivity contribution in [3.8, 4) is 5.75 Å². The lowest BCUT2D eigenvalue weighted by Crippen LogP contribution is -2.48. The number of carboxylic acids is 1. The van der Waals surface area contributed by atoms with E-state index in [2.05, 4.69) is 16.0 Å². The predicted molar refractivity (Wildman–Crippen MR) is 129 cm³/mol. The van der Waals surface area contributed by atoms with Crippen molar-refractivity contribution in [2.45, 2.75) is 19.4 Å². The van der Waals surface area contributed by atoms with Crippen LogP contribution in [0, 0.1) is 6.92 Å². The average molecular weight is 502 g/mol. The largest absolute Gasteiger partial charge is 0.508 e. The molecule has 178 valence electrons. The number of hydrogen-bond acceptors (Lipinski definition) is 7. The number of rotatable bonds is 10. The topological polar surface area (TPSA) is 145 Å². The van der Waals surface area contributed by atoms with Gasteiger partial charge in [-0.3, -0.25) is 14.4 Å². The van der Waals surface area contributed by atoms with Gasteiger partial charge in [0.2, 0.25) is 0 Å². The fraction of sp³-hybridized carbons (Fsp3) is 0.217. The number of carbonyl (C=O) groups excluding carboxylic acids is 3. The quantitative estimate of drug-likeness (QED) is 0.289. The van der Waals surface area contributed by atoms with Crippen molar-refractivity contribution in [1.82, 2.24) is 16.0 Å². The van der Waals surface area contributed by atoms with Gasteiger partial charge in [0.25, 0.3) is 17.7 Å². The number of thiophene rings is 2. The summed E-state index contributed by atoms with van der Waals surface area (Å²) >= 11 is 2.18. The smallest absolute Gasteiger partial charge is 0.328 e. The minimum atomic E-state index is -1.34. The molecule has 2 aromatic heterocycles. The summed E-state index contributed by atoms with van der Waals surface area (Å²) in [6, 6.07) is 10.3. The highest BCUT2D eigenvalue weighted by molar-refractivity contribution is 7.16. The molecule has 0 spiro atoms. The van der Waals surface area contributed by atoms with Gasteiger partial charge in [-0.1, -0.05) is 18.2 Å². The number of carbonyl (C=O) groups is 4. The number of aromatic hydroxyl groups is 1. The van der Waals surface area contributed by atoms with Crippen molar-refractivity contribution in [2.24, 2.45) is 0 Å². The number of amides is 3. The zero-order valence-corrected chi connectivity index (χ0v) is 19.8. The van der Waals surface area contributed by atoms with Crippen LogP contribution in [0.2, 0.25) is 0 Å². The Kier molecular flexibility index (Phi) is 8.39. The molecule has 9 nitrogen and oxygen atoms in total. The summed E-state index contributed by atoms with van der Waals surface area (Å²) in [5, 5.41) is 28.3. The third kappa shape index (κ3) is 6.65. The predicted octanol–water partition coefficient (Wildman–Crippen LogP) is 2.41. The number of phenols is 1. The van der Waals surface area contributed by atoms with Crippen molar-refractivity contribution in [3.63, 3.8) is 0 Å². The Labute approximate surface area is 203 Å². The summed E-state index contributed by atoms with van der Waals surface area (Å²) in [6.45, 7) is 1.71. The highest BCUT2D eigenvalue weighted by Crippen LogP contribution is 2.22. The molecule has 3 amide bonds. The Morgan fingerprint density at radius 2 is 1.74 bits per heavy atom. The Hall–Kier alpha value is -3.70. The molecule has 0 aliphatic heterocycles. The molecule has 0 aliphatic rings. The van der Waals surface area contributed by atoms with Crippen LogP contribution >= 0.6 is 22.7 Å². The third-order valence-corrected chi connectivity index (χ3v) is 6.88. The molecule has 11 heteroatoms. The SMILES string of the molecule is Cc1cc(C(=O)NCCc2cccc(O)c2)sc1C(=O)N[C@@H](CNC(=O)c1cccs1)C(=O)O. The molecule has 1 atom stereocenters. The molecule has 0 saturated carbocycles. The molecule has 5 N–H and O–H groups in total. The third-order valence-electron chi connectivity index (χ3n) is 4.77. The first-order valence-corrected chi connectivity index (χ1v) is 12.0. The van der Waals surface area contributed by atoms with Crippen molar-refractivity contribution in [1.29, 1.82) is 0 Å². The van der Waals surface area contributed by atoms with Crippen LogP contribution in [0.4, 0.5) is 0 Å². The Morgan fingerprint density at radius 1 is 0.971 bits per heavy atom. The van der Waals surface area contributed by atoms with Gasteiger partial charge in [0, 0.05) is 13.1 Å². The molecule has 0 radical (unpaired) electrons. The summed E-state index contributed by atoms with van der Waals surface area (Å²) < 4.78 is 0. The molecule has 3 aromatic rings. The maximum Gasteiger partial charge on any atom is 0.328 e. The zero-order valence-electron chi connectivity index (χ0n) is 18.2. The van der Waals surface area contributed by atoms with E-state index in [1.54, 1.807) is 48.7 Å². The number of phenolic OH excluding ortho intramolecular Hbond substituents is 1. The van der Waals surface area contributed by atoms with Crippen LogP contribution in [0.15, 0.2) is 47.8 Å². The molecular formula is C23H23N3O6S2. The van der Waals surface area contributed by atoms with Crippen molar-refractivity contribution in [3.05, 3.63) is 73.6 Å². The Balaban J connectivity index is 1.56. The summed E-state index contributed by atoms with van der Waals surface area (Å²) in [7, 11) is 0. The summed E-state index contributed by atoms with van der Waals surface area (Å²) in [5.41, 5.74) is 1.40. The first-order valence-electron chi connectivity index (χ1n) is 10.3. The number of carboxylic acid groups (broad SMARTS) is 1. The molecule has 2 heterocycles. The van der Waals surface area contributed by atoms with Crippen molar-refractivity contribution in [2.75, 3.05) is 13.1 Å². The number of benzene rings is 1. The van der Waals surface area contributed by atoms with Gasteiger partial charge in [-0.25, -0.2) is 4.79 Å². The molecule has 34 heavy (non-hydrogen) atoms. The van der Waals surface area contributed by atoms with Gasteiger partial charge in [-0.2, -0.15) is 0 Å². The molecular weight excluding hydrogens is 478 g/mol. The molecule has 0 saturated heterocycles. The van der Waals surface area contributed by atoms with Crippen LogP contribution in [0.1, 0.15) is 40.1 Å². The van der Waals surface area contributed by atoms with E-state index in [0.717, 1.165) is 16.9 Å². The maximum atomic E-state index is 12.7. The van der Waals surface area contributed by atoms with E-state index in [9.17, 15) is 29.4 Å². The highest BCUT2D eigenvalue weighted by Gasteiger charge is 2.24. The lowest BCUT2D eigenvalue weighted by Gasteiger charge is -2.15. The monoisotopic (exact) mass is 501 g/mol. The van der Waals surface area contributed by atoms with Gasteiger partial charge in [-0.15, -0.1) is 22.7 Å². The number of hydrogen-bond donors (Lipinski definition) is 5. The fourth-order valence-electron chi connectivity index (χ4n) is 3.05. The highest BCUT2D eigenvalue weighted by atomic mass is 32.1. The minimum absolute atomic E-state index is 0.152. The molecule has 0 fully saturated rings. The van der Waals surface area contributed by atoms with Gasteiger partial charge in [0.15, 0.2) is 0 Å². The second kappa shape index (κ2) is 11.4. The first kappa shape index (κ1) is 24.9. The van der Waals surface area contributed by atoms with Crippen LogP contribution in [-0.4, -0.2) is 53.0 Å². The van der Waals surface area contributed by atoms with E-state index in [1.807, 2.05) is 6.07 Å². The molecule has 0 aliphatic carbocycles. The minimum Gasteiger partial charge on any atom is -0.508 e. The number of nitrogens with one attached hydrogen (secondary N) is 3. The van der Waals surface area contributed by atoms with Gasteiger partial charge in [0.05, 0.1) is 14.6 Å². The fourth-order valence-corrected chi connectivity index (χ4v) is 4.68. The van der Waals surface area contributed by atoms with E-state index >= 15 is 0 Å². The van der Waals surface area contributed by atoms with Gasteiger partial charge in [-0.05, 0) is 54.1 Å². The van der Waals surface area contributed by atoms with E-state index in [4.69, 9.17) is 0 Å². The Morgan fingerprint density at radius 3 is 2.41 bits per heavy atom. The molecule has 0 unspecified atom stereocenters. The van der Waals surface area contributed by atoms with Crippen LogP contribution < -0.4 is 16.0 Å². The van der Waals surface area contributed by atoms with Gasteiger partial charge < -0.3 is 26.2 Å². The van der Waals surface area contributed by atoms with Crippen LogP contribution in [0.25, 0.3) is 0 Å². The average Bonchev–Trinajstić information content (AvgIpc) is 3.46. The van der Waals surface area contributed by atoms with E-state index in [0.29, 0.717) is 28.3 Å². The summed E-state index contributed by atoms with van der Waals surface area (Å²) in [4.78, 5) is 49.8. The maximum absolute atomic E-state index is 12.7. The molecule has 0 bridgehead atoms. The number of aryl methyl sites for hydroxylation is 1. The Bertz CT molecular complexity index is 1190. The van der Waals surface area contributed by atoms with Crippen LogP contribution in [0.3, 0.4) is 0 Å². The molecule has 3 rings (SSSR count). The lowest BCUT2D eigenvalue weighted by atomic mass is 10.1. The number of aliphatic carboxylic acids is 1. The van der Waals surface area contributed by atoms with Crippen LogP contribution in [0.5, 0.6) is 5.75 Å². The van der Waals surface area contributed by atoms with Gasteiger partial charge in [0.1, 0.15) is 11.8 Å². The lowest BCUT2D eigenvalue weighted by molar-refractivity contribution is -0.139. The van der Waals surface area contributed by atoms with E-state index < -0.39 is 23.8 Å². The second-order valence-electron chi connectivity index (χ2n) is 7.35. The zero-order chi connectivity index (χ0) is 24.7. The standard InChI is InChI=1S/C23H23N3O6S2/c1-13-10-18(21(29)24-8-7-14-4-2-5-15(27)11-14)34-19(13)22(30)26-16(23(31)32)12-25-20(28)17-6-3-9-33-17/h2-6,9-11,16,27H,7-8,12H2,1H3,(H,24,29)(H,25,28)(H,26,30)(H,31,32)/t16-/m0/s1. The van der Waals surface area contributed by atoms with E-state index in [-0.39, 0.29) is 23.1 Å². The summed E-state index contributed by atoms with van der Waals surface area (Å²) in [5.74, 6) is -2.56. The van der Waals surface area contributed by atoms with E-state index in [1.165, 1.54) is 11.3 Å². The van der Waals surface area contributed by atoms with Crippen molar-refractivity contribution < 1.29 is 29.4 Å². The first-order chi connectivity index (χ1) is 16.2. The van der Waals surface area contributed by atoms with Crippen LogP contribution in [-0.2, 0) is 11.2 Å².